The first-order valence-electron chi connectivity index (χ1n) is 4.93. The van der Waals surface area contributed by atoms with E-state index in [4.69, 9.17) is 5.11 Å². The van der Waals surface area contributed by atoms with Gasteiger partial charge in [0.2, 0.25) is 0 Å². The molecule has 0 spiro atoms. The summed E-state index contributed by atoms with van der Waals surface area (Å²) in [4.78, 5) is 29.6. The van der Waals surface area contributed by atoms with Crippen LogP contribution in [-0.4, -0.2) is 21.0 Å². The van der Waals surface area contributed by atoms with Crippen molar-refractivity contribution in [1.82, 2.24) is 9.97 Å². The van der Waals surface area contributed by atoms with Crippen molar-refractivity contribution in [1.29, 1.82) is 0 Å². The number of carbonyl (C=O) groups is 1. The first-order valence-corrected chi connectivity index (χ1v) is 7.33. The third-order valence-corrected chi connectivity index (χ3v) is 4.83. The van der Waals surface area contributed by atoms with E-state index in [-0.39, 0.29) is 11.1 Å². The third kappa shape index (κ3) is 3.26. The molecule has 98 valence electrons. The Hall–Kier alpha value is -1.12. The second kappa shape index (κ2) is 5.89. The van der Waals surface area contributed by atoms with Gasteiger partial charge >= 0.3 is 5.97 Å². The molecule has 0 aliphatic carbocycles. The highest BCUT2D eigenvalue weighted by Crippen LogP contribution is 2.31. The van der Waals surface area contributed by atoms with Crippen LogP contribution in [0.5, 0.6) is 0 Å². The van der Waals surface area contributed by atoms with Gasteiger partial charge in [-0.2, -0.15) is 0 Å². The molecule has 19 heavy (non-hydrogen) atoms. The zero-order valence-corrected chi connectivity index (χ0v) is 13.2. The number of halogens is 2. The first kappa shape index (κ1) is 14.3. The van der Waals surface area contributed by atoms with E-state index >= 15 is 0 Å². The Kier molecular flexibility index (Phi) is 4.43. The fourth-order valence-corrected chi connectivity index (χ4v) is 2.98. The van der Waals surface area contributed by atoms with Gasteiger partial charge < -0.3 is 10.1 Å². The van der Waals surface area contributed by atoms with Crippen LogP contribution in [0.3, 0.4) is 0 Å². The maximum absolute atomic E-state index is 11.4. The molecule has 0 fully saturated rings. The second-order valence-corrected chi connectivity index (χ2v) is 6.11. The van der Waals surface area contributed by atoms with Gasteiger partial charge in [-0.15, -0.1) is 0 Å². The molecule has 0 saturated carbocycles. The molecule has 2 N–H and O–H groups in total. The first-order chi connectivity index (χ1) is 8.99. The Morgan fingerprint density at radius 2 is 2.11 bits per heavy atom. The maximum atomic E-state index is 11.4. The molecule has 8 heteroatoms. The van der Waals surface area contributed by atoms with E-state index < -0.39 is 5.97 Å². The SMILES string of the molecule is O=C(O)c1cc(Sc2nc[nH]c(=O)c2Br)ccc1Br. The van der Waals surface area contributed by atoms with Gasteiger partial charge in [-0.1, -0.05) is 11.8 Å². The standard InChI is InChI=1S/C11H6Br2N2O3S/c12-7-2-1-5(3-6(7)11(17)18)19-10-8(13)9(16)14-4-15-10/h1-4H,(H,17,18)(H,14,15,16). The molecule has 1 heterocycles. The van der Waals surface area contributed by atoms with E-state index in [9.17, 15) is 9.59 Å². The number of aromatic amines is 1. The number of benzene rings is 1. The summed E-state index contributed by atoms with van der Waals surface area (Å²) in [5, 5.41) is 9.51. The number of H-pyrrole nitrogens is 1. The van der Waals surface area contributed by atoms with E-state index in [1.54, 1.807) is 12.1 Å². The van der Waals surface area contributed by atoms with Crippen molar-refractivity contribution < 1.29 is 9.90 Å². The molecule has 0 amide bonds. The van der Waals surface area contributed by atoms with Crippen LogP contribution >= 0.6 is 43.6 Å². The van der Waals surface area contributed by atoms with Crippen molar-refractivity contribution in [3.63, 3.8) is 0 Å². The van der Waals surface area contributed by atoms with E-state index in [2.05, 4.69) is 41.8 Å². The van der Waals surface area contributed by atoms with Crippen molar-refractivity contribution in [2.45, 2.75) is 9.92 Å². The molecule has 0 radical (unpaired) electrons. The normalized spacial score (nSPS) is 10.4. The lowest BCUT2D eigenvalue weighted by Gasteiger charge is -2.05. The summed E-state index contributed by atoms with van der Waals surface area (Å²) in [5.41, 5.74) is -0.126. The average molecular weight is 406 g/mol. The lowest BCUT2D eigenvalue weighted by molar-refractivity contribution is 0.0695. The Bertz CT molecular complexity index is 703. The molecule has 0 saturated heterocycles. The predicted molar refractivity (Wildman–Crippen MR) is 77.8 cm³/mol. The lowest BCUT2D eigenvalue weighted by Crippen LogP contribution is -2.07. The fourth-order valence-electron chi connectivity index (χ4n) is 1.28. The molecule has 0 atom stereocenters. The largest absolute Gasteiger partial charge is 0.478 e. The number of carboxylic acids is 1. The van der Waals surface area contributed by atoms with Crippen LogP contribution in [0.25, 0.3) is 0 Å². The van der Waals surface area contributed by atoms with E-state index in [0.29, 0.717) is 18.9 Å². The number of nitrogens with zero attached hydrogens (tertiary/aromatic N) is 1. The zero-order chi connectivity index (χ0) is 14.0. The number of rotatable bonds is 3. The molecule has 2 rings (SSSR count). The van der Waals surface area contributed by atoms with E-state index in [0.717, 1.165) is 0 Å². The Labute approximate surface area is 128 Å². The minimum absolute atomic E-state index is 0.158. The van der Waals surface area contributed by atoms with Crippen LogP contribution in [0.4, 0.5) is 0 Å². The van der Waals surface area contributed by atoms with Gasteiger partial charge in [0.15, 0.2) is 0 Å². The second-order valence-electron chi connectivity index (χ2n) is 3.40. The molecule has 5 nitrogen and oxygen atoms in total. The summed E-state index contributed by atoms with van der Waals surface area (Å²) >= 11 is 7.53. The molecule has 0 aliphatic heterocycles. The number of aromatic nitrogens is 2. The highest BCUT2D eigenvalue weighted by atomic mass is 79.9. The summed E-state index contributed by atoms with van der Waals surface area (Å²) in [5.74, 6) is -1.02. The van der Waals surface area contributed by atoms with E-state index in [1.165, 1.54) is 24.2 Å². The molecule has 1 aromatic carbocycles. The number of nitrogens with one attached hydrogen (secondary N) is 1. The topological polar surface area (TPSA) is 83.0 Å². The highest BCUT2D eigenvalue weighted by Gasteiger charge is 2.12. The minimum atomic E-state index is -1.02. The highest BCUT2D eigenvalue weighted by molar-refractivity contribution is 9.10. The van der Waals surface area contributed by atoms with E-state index in [1.807, 2.05) is 0 Å². The number of carboxylic acid groups (broad SMARTS) is 1. The van der Waals surface area contributed by atoms with Crippen LogP contribution in [0, 0.1) is 0 Å². The van der Waals surface area contributed by atoms with Crippen molar-refractivity contribution >= 4 is 49.6 Å². The maximum Gasteiger partial charge on any atom is 0.336 e. The zero-order valence-electron chi connectivity index (χ0n) is 9.18. The Morgan fingerprint density at radius 3 is 2.79 bits per heavy atom. The average Bonchev–Trinajstić information content (AvgIpc) is 2.37. The van der Waals surface area contributed by atoms with Crippen LogP contribution in [0.2, 0.25) is 0 Å². The van der Waals surface area contributed by atoms with Crippen LogP contribution in [0.15, 0.2) is 48.2 Å². The van der Waals surface area contributed by atoms with Crippen LogP contribution < -0.4 is 5.56 Å². The summed E-state index contributed by atoms with van der Waals surface area (Å²) in [7, 11) is 0. The van der Waals surface area contributed by atoms with Gasteiger partial charge in [0.25, 0.3) is 5.56 Å². The molecular formula is C11H6Br2N2O3S. The van der Waals surface area contributed by atoms with Gasteiger partial charge in [-0.3, -0.25) is 4.79 Å². The van der Waals surface area contributed by atoms with Gasteiger partial charge in [0.05, 0.1) is 11.9 Å². The molecule has 0 unspecified atom stereocenters. The van der Waals surface area contributed by atoms with Gasteiger partial charge in [-0.25, -0.2) is 9.78 Å². The monoisotopic (exact) mass is 404 g/mol. The Balaban J connectivity index is 2.39. The number of aromatic carboxylic acids is 1. The van der Waals surface area contributed by atoms with Gasteiger partial charge in [0, 0.05) is 9.37 Å². The molecule has 0 aliphatic rings. The summed E-state index contributed by atoms with van der Waals surface area (Å²) in [6.07, 6.45) is 1.30. The summed E-state index contributed by atoms with van der Waals surface area (Å²) in [6, 6.07) is 4.91. The van der Waals surface area contributed by atoms with Crippen molar-refractivity contribution in [2.75, 3.05) is 0 Å². The van der Waals surface area contributed by atoms with Gasteiger partial charge in [0.1, 0.15) is 9.50 Å². The van der Waals surface area contributed by atoms with Crippen LogP contribution in [-0.2, 0) is 0 Å². The summed E-state index contributed by atoms with van der Waals surface area (Å²) < 4.78 is 0.821. The van der Waals surface area contributed by atoms with Gasteiger partial charge in [-0.05, 0) is 50.1 Å². The van der Waals surface area contributed by atoms with Crippen molar-refractivity contribution in [2.24, 2.45) is 0 Å². The molecule has 0 bridgehead atoms. The smallest absolute Gasteiger partial charge is 0.336 e. The summed E-state index contributed by atoms with van der Waals surface area (Å²) in [6.45, 7) is 0. The molecule has 1 aromatic heterocycles. The minimum Gasteiger partial charge on any atom is -0.478 e. The quantitative estimate of drug-likeness (QED) is 0.766. The Morgan fingerprint density at radius 1 is 1.37 bits per heavy atom. The van der Waals surface area contributed by atoms with Crippen LogP contribution in [0.1, 0.15) is 10.4 Å². The molecule has 2 aromatic rings. The molecular weight excluding hydrogens is 400 g/mol. The number of hydrogen-bond acceptors (Lipinski definition) is 4. The van der Waals surface area contributed by atoms with Crippen molar-refractivity contribution in [3.05, 3.63) is 49.4 Å². The lowest BCUT2D eigenvalue weighted by atomic mass is 10.2. The third-order valence-electron chi connectivity index (χ3n) is 2.15. The number of hydrogen-bond donors (Lipinski definition) is 2. The fraction of sp³-hybridized carbons (Fsp3) is 0. The van der Waals surface area contributed by atoms with Crippen molar-refractivity contribution in [3.8, 4) is 0 Å². The predicted octanol–water partition coefficient (Wildman–Crippen LogP) is 3.14.